The summed E-state index contributed by atoms with van der Waals surface area (Å²) in [4.78, 5) is 131. The number of carboxylic acid groups (broad SMARTS) is 2. The number of aromatic hydroxyl groups is 1. The van der Waals surface area contributed by atoms with Gasteiger partial charge in [0.25, 0.3) is 0 Å². The van der Waals surface area contributed by atoms with Gasteiger partial charge in [-0.1, -0.05) is 26.0 Å². The highest BCUT2D eigenvalue weighted by Gasteiger charge is 2.35. The Balaban J connectivity index is 2.90. The minimum absolute atomic E-state index is 0.114. The molecule has 0 bridgehead atoms. The number of benzene rings is 1. The van der Waals surface area contributed by atoms with Gasteiger partial charge in [0.2, 0.25) is 47.3 Å². The van der Waals surface area contributed by atoms with Gasteiger partial charge in [-0.05, 0) is 57.2 Å². The van der Waals surface area contributed by atoms with E-state index in [4.69, 9.17) is 17.2 Å². The molecule has 28 heteroatoms. The Bertz CT molecular complexity index is 1960. The highest BCUT2D eigenvalue weighted by molar-refractivity contribution is 5.98. The first-order valence-electron chi connectivity index (χ1n) is 21.1. The van der Waals surface area contributed by atoms with Gasteiger partial charge in [0.05, 0.1) is 37.8 Å². The number of aliphatic hydroxyl groups excluding tert-OH is 3. The van der Waals surface area contributed by atoms with Crippen LogP contribution in [0.4, 0.5) is 0 Å². The number of carboxylic acids is 2. The van der Waals surface area contributed by atoms with Gasteiger partial charge in [0.15, 0.2) is 5.96 Å². The summed E-state index contributed by atoms with van der Waals surface area (Å²) < 4.78 is 0. The summed E-state index contributed by atoms with van der Waals surface area (Å²) in [7, 11) is 0. The van der Waals surface area contributed by atoms with Gasteiger partial charge in [-0.15, -0.1) is 0 Å². The molecular formula is C40H64N12O16. The number of carbonyl (C=O) groups excluding carboxylic acids is 8. The highest BCUT2D eigenvalue weighted by Crippen LogP contribution is 2.12. The number of hydrogen-bond acceptors (Lipinski definition) is 16. The van der Waals surface area contributed by atoms with Crippen LogP contribution in [0.1, 0.15) is 59.4 Å². The van der Waals surface area contributed by atoms with Crippen molar-refractivity contribution in [1.29, 1.82) is 0 Å². The molecule has 0 aliphatic heterocycles. The largest absolute Gasteiger partial charge is 0.508 e. The quantitative estimate of drug-likeness (QED) is 0.0201. The first-order chi connectivity index (χ1) is 31.7. The van der Waals surface area contributed by atoms with E-state index in [0.29, 0.717) is 12.0 Å². The first-order valence-corrected chi connectivity index (χ1v) is 21.1. The Morgan fingerprint density at radius 2 is 1.13 bits per heavy atom. The average molecular weight is 969 g/mol. The number of aliphatic hydroxyl groups is 3. The van der Waals surface area contributed by atoms with Crippen LogP contribution >= 0.6 is 0 Å². The molecule has 380 valence electrons. The van der Waals surface area contributed by atoms with E-state index in [9.17, 15) is 78.6 Å². The van der Waals surface area contributed by atoms with E-state index < -0.39 is 145 Å². The van der Waals surface area contributed by atoms with Crippen LogP contribution in [-0.2, 0) is 54.4 Å². The third-order valence-electron chi connectivity index (χ3n) is 9.69. The molecule has 0 heterocycles. The van der Waals surface area contributed by atoms with Crippen LogP contribution in [0.2, 0.25) is 0 Å². The molecule has 0 spiro atoms. The van der Waals surface area contributed by atoms with E-state index >= 15 is 0 Å². The van der Waals surface area contributed by atoms with Crippen molar-refractivity contribution in [3.63, 3.8) is 0 Å². The Labute approximate surface area is 390 Å². The lowest BCUT2D eigenvalue weighted by Gasteiger charge is -2.28. The third-order valence-corrected chi connectivity index (χ3v) is 9.69. The second-order valence-corrected chi connectivity index (χ2v) is 15.9. The molecule has 1 aromatic carbocycles. The third kappa shape index (κ3) is 21.0. The van der Waals surface area contributed by atoms with Crippen LogP contribution in [-0.4, -0.2) is 176 Å². The molecule has 0 saturated carbocycles. The SMILES string of the molecule is CC(C)[C@H](NC(=O)[C@@H](NC(=O)[C@@H](N)CCCN=C(N)N)[C@@H](C)O)C(=O)N[C@@H](C)C(=O)NCC(=O)N[C@H](C(=O)N[C@@H](CO)C(=O)N[C@@H](CC(=O)O)C(=O)N[C@@H](Cc1ccc(O)cc1)C(=O)O)[C@@H](C)O. The number of amides is 8. The standard InChI is InChI=1S/C40H64N12O16/c1-17(2)29(51-38(66)31(20(5)55)52-33(61)23(41)7-6-12-44-40(42)43)36(64)46-18(3)32(60)45-15-27(57)50-30(19(4)54)37(65)49-26(16-53)35(63)47-24(14-28(58)59)34(62)48-25(39(67)68)13-21-8-10-22(56)11-9-21/h8-11,17-20,23-26,29-31,53-56H,6-7,12-16,41H2,1-5H3,(H,45,60)(H,46,64)(H,47,63)(H,48,62)(H,49,65)(H,50,57)(H,51,66)(H,52,61)(H,58,59)(H,67,68)(H4,42,43,44)/t18-,19+,20+,23-,24-,25-,26-,29-,30-,31-/m0/s1. The van der Waals surface area contributed by atoms with Crippen molar-refractivity contribution in [2.75, 3.05) is 19.7 Å². The van der Waals surface area contributed by atoms with Gasteiger partial charge in [-0.3, -0.25) is 48.1 Å². The zero-order valence-corrected chi connectivity index (χ0v) is 38.1. The van der Waals surface area contributed by atoms with E-state index in [1.807, 2.05) is 10.6 Å². The lowest BCUT2D eigenvalue weighted by molar-refractivity contribution is -0.143. The molecule has 0 unspecified atom stereocenters. The van der Waals surface area contributed by atoms with Crippen molar-refractivity contribution >= 4 is 65.2 Å². The van der Waals surface area contributed by atoms with Crippen molar-refractivity contribution in [2.45, 2.75) is 121 Å². The summed E-state index contributed by atoms with van der Waals surface area (Å²) in [6, 6.07) is -7.33. The van der Waals surface area contributed by atoms with Gasteiger partial charge >= 0.3 is 11.9 Å². The van der Waals surface area contributed by atoms with Crippen LogP contribution in [0.15, 0.2) is 29.3 Å². The van der Waals surface area contributed by atoms with Crippen LogP contribution in [0, 0.1) is 5.92 Å². The van der Waals surface area contributed by atoms with Crippen molar-refractivity contribution in [3.05, 3.63) is 29.8 Å². The summed E-state index contributed by atoms with van der Waals surface area (Å²) in [5.74, 6) is -12.5. The number of nitrogens with zero attached hydrogens (tertiary/aromatic N) is 1. The number of aliphatic imine (C=N–C) groups is 1. The van der Waals surface area contributed by atoms with Gasteiger partial charge in [-0.2, -0.15) is 0 Å². The number of phenolic OH excluding ortho intramolecular Hbond substituents is 1. The van der Waals surface area contributed by atoms with Gasteiger partial charge in [0, 0.05) is 13.0 Å². The topological polar surface area (TPSA) is 479 Å². The minimum atomic E-state index is -1.93. The Kier molecular flexibility index (Phi) is 24.9. The number of aliphatic carboxylic acids is 2. The second-order valence-electron chi connectivity index (χ2n) is 15.9. The van der Waals surface area contributed by atoms with Gasteiger partial charge in [-0.25, -0.2) is 4.79 Å². The van der Waals surface area contributed by atoms with Crippen LogP contribution in [0.3, 0.4) is 0 Å². The van der Waals surface area contributed by atoms with Crippen LogP contribution in [0.5, 0.6) is 5.75 Å². The maximum atomic E-state index is 13.2. The smallest absolute Gasteiger partial charge is 0.326 e. The molecule has 0 saturated heterocycles. The Morgan fingerprint density at radius 1 is 0.632 bits per heavy atom. The number of nitrogens with two attached hydrogens (primary N) is 3. The van der Waals surface area contributed by atoms with Crippen molar-refractivity contribution in [2.24, 2.45) is 28.1 Å². The number of carbonyl (C=O) groups is 10. The zero-order chi connectivity index (χ0) is 52.0. The lowest BCUT2D eigenvalue weighted by atomic mass is 10.0. The molecule has 0 radical (unpaired) electrons. The molecule has 1 rings (SSSR count). The van der Waals surface area contributed by atoms with Crippen molar-refractivity contribution in [3.8, 4) is 5.75 Å². The first kappa shape index (κ1) is 58.8. The molecule has 1 aromatic rings. The summed E-state index contributed by atoms with van der Waals surface area (Å²) >= 11 is 0. The van der Waals surface area contributed by atoms with Gasteiger partial charge in [0.1, 0.15) is 48.0 Å². The van der Waals surface area contributed by atoms with Crippen molar-refractivity contribution < 1.29 is 78.6 Å². The van der Waals surface area contributed by atoms with E-state index in [1.165, 1.54) is 38.1 Å². The average Bonchev–Trinajstić information content (AvgIpc) is 3.25. The molecule has 28 nitrogen and oxygen atoms in total. The fourth-order valence-corrected chi connectivity index (χ4v) is 5.86. The molecule has 0 aliphatic rings. The molecule has 20 N–H and O–H groups in total. The minimum Gasteiger partial charge on any atom is -0.508 e. The maximum absolute atomic E-state index is 13.2. The number of nitrogens with one attached hydrogen (secondary N) is 8. The molecule has 0 fully saturated rings. The van der Waals surface area contributed by atoms with E-state index in [2.05, 4.69) is 36.9 Å². The highest BCUT2D eigenvalue weighted by atomic mass is 16.4. The fraction of sp³-hybridized carbons (Fsp3) is 0.575. The summed E-state index contributed by atoms with van der Waals surface area (Å²) in [6.07, 6.45) is -4.03. The predicted octanol–water partition coefficient (Wildman–Crippen LogP) is -7.19. The van der Waals surface area contributed by atoms with E-state index in [0.717, 1.165) is 6.92 Å². The predicted molar refractivity (Wildman–Crippen MR) is 237 cm³/mol. The molecule has 68 heavy (non-hydrogen) atoms. The monoisotopic (exact) mass is 968 g/mol. The van der Waals surface area contributed by atoms with E-state index in [-0.39, 0.29) is 31.1 Å². The molecular weight excluding hydrogens is 905 g/mol. The maximum Gasteiger partial charge on any atom is 0.326 e. The zero-order valence-electron chi connectivity index (χ0n) is 38.1. The summed E-state index contributed by atoms with van der Waals surface area (Å²) in [5.41, 5.74) is 16.8. The van der Waals surface area contributed by atoms with Gasteiger partial charge < -0.3 is 90.4 Å². The van der Waals surface area contributed by atoms with Crippen molar-refractivity contribution in [1.82, 2.24) is 42.5 Å². The normalized spacial score (nSPS) is 15.4. The van der Waals surface area contributed by atoms with Crippen LogP contribution in [0.25, 0.3) is 0 Å². The lowest BCUT2D eigenvalue weighted by Crippen LogP contribution is -2.61. The fourth-order valence-electron chi connectivity index (χ4n) is 5.86. The Hall–Kier alpha value is -7.17. The number of guanidine groups is 1. The number of rotatable bonds is 29. The molecule has 0 aromatic heterocycles. The molecule has 0 aliphatic carbocycles. The van der Waals surface area contributed by atoms with E-state index in [1.54, 1.807) is 13.8 Å². The number of phenols is 1. The molecule has 8 amide bonds. The summed E-state index contributed by atoms with van der Waals surface area (Å²) in [6.45, 7) is 4.83. The Morgan fingerprint density at radius 3 is 1.65 bits per heavy atom. The second kappa shape index (κ2) is 28.8. The van der Waals surface area contributed by atoms with Crippen LogP contribution < -0.4 is 59.7 Å². The number of hydrogen-bond donors (Lipinski definition) is 17. The molecule has 10 atom stereocenters. The summed E-state index contributed by atoms with van der Waals surface area (Å²) in [5, 5.41) is 76.7.